The minimum absolute atomic E-state index is 0.598. The standard InChI is InChI=1S/C14H28S/c1-12(2)10-8-6-5-7-9-11-14(15)13(3)4/h12-13H,5-11H2,1-4H3. The lowest BCUT2D eigenvalue weighted by Crippen LogP contribution is -2.03. The number of thiocarbonyl (C=S) groups is 1. The van der Waals surface area contributed by atoms with Crippen LogP contribution in [0.25, 0.3) is 0 Å². The minimum Gasteiger partial charge on any atom is -0.0894 e. The summed E-state index contributed by atoms with van der Waals surface area (Å²) < 4.78 is 0. The molecule has 0 saturated carbocycles. The van der Waals surface area contributed by atoms with Gasteiger partial charge in [0.05, 0.1) is 0 Å². The van der Waals surface area contributed by atoms with Crippen molar-refractivity contribution in [1.29, 1.82) is 0 Å². The SMILES string of the molecule is CC(C)CCCCCCCC(=S)C(C)C. The highest BCUT2D eigenvalue weighted by atomic mass is 32.1. The average molecular weight is 228 g/mol. The quantitative estimate of drug-likeness (QED) is 0.376. The van der Waals surface area contributed by atoms with E-state index in [1.807, 2.05) is 0 Å². The maximum atomic E-state index is 5.31. The summed E-state index contributed by atoms with van der Waals surface area (Å²) in [5.41, 5.74) is 0. The Morgan fingerprint density at radius 3 is 1.93 bits per heavy atom. The van der Waals surface area contributed by atoms with Crippen molar-refractivity contribution in [3.05, 3.63) is 0 Å². The van der Waals surface area contributed by atoms with Crippen molar-refractivity contribution < 1.29 is 0 Å². The zero-order valence-electron chi connectivity index (χ0n) is 11.0. The topological polar surface area (TPSA) is 0 Å². The number of hydrogen-bond donors (Lipinski definition) is 0. The van der Waals surface area contributed by atoms with Crippen molar-refractivity contribution in [2.45, 2.75) is 72.6 Å². The molecule has 0 aliphatic heterocycles. The Kier molecular flexibility index (Phi) is 9.38. The van der Waals surface area contributed by atoms with E-state index in [0.29, 0.717) is 5.92 Å². The Morgan fingerprint density at radius 2 is 1.40 bits per heavy atom. The van der Waals surface area contributed by atoms with Gasteiger partial charge in [-0.05, 0) is 29.5 Å². The summed E-state index contributed by atoms with van der Waals surface area (Å²) in [6.45, 7) is 9.01. The molecule has 0 amide bonds. The second kappa shape index (κ2) is 9.33. The van der Waals surface area contributed by atoms with E-state index >= 15 is 0 Å². The molecule has 0 fully saturated rings. The molecule has 0 aliphatic rings. The number of rotatable bonds is 9. The molecular formula is C14H28S. The summed E-state index contributed by atoms with van der Waals surface area (Å²) in [7, 11) is 0. The maximum Gasteiger partial charge on any atom is -0.00461 e. The van der Waals surface area contributed by atoms with Gasteiger partial charge in [-0.1, -0.05) is 72.0 Å². The van der Waals surface area contributed by atoms with Gasteiger partial charge < -0.3 is 0 Å². The second-order valence-corrected chi connectivity index (χ2v) is 5.85. The lowest BCUT2D eigenvalue weighted by Gasteiger charge is -2.07. The van der Waals surface area contributed by atoms with Gasteiger partial charge in [0, 0.05) is 0 Å². The zero-order chi connectivity index (χ0) is 11.7. The molecule has 0 rings (SSSR count). The van der Waals surface area contributed by atoms with Crippen molar-refractivity contribution in [1.82, 2.24) is 0 Å². The van der Waals surface area contributed by atoms with Gasteiger partial charge in [0.1, 0.15) is 0 Å². The van der Waals surface area contributed by atoms with Gasteiger partial charge in [0.15, 0.2) is 0 Å². The van der Waals surface area contributed by atoms with Crippen LogP contribution >= 0.6 is 12.2 Å². The first kappa shape index (κ1) is 15.1. The summed E-state index contributed by atoms with van der Waals surface area (Å²) in [5.74, 6) is 1.47. The van der Waals surface area contributed by atoms with E-state index < -0.39 is 0 Å². The Bertz CT molecular complexity index is 159. The maximum absolute atomic E-state index is 5.31. The Labute approximate surface area is 102 Å². The average Bonchev–Trinajstić information content (AvgIpc) is 2.15. The molecular weight excluding hydrogens is 200 g/mol. The third-order valence-corrected chi connectivity index (χ3v) is 3.52. The number of hydrogen-bond acceptors (Lipinski definition) is 1. The van der Waals surface area contributed by atoms with Gasteiger partial charge in [-0.3, -0.25) is 0 Å². The molecule has 0 heterocycles. The fraction of sp³-hybridized carbons (Fsp3) is 0.929. The summed E-state index contributed by atoms with van der Waals surface area (Å²) >= 11 is 5.31. The lowest BCUT2D eigenvalue weighted by atomic mass is 10.0. The van der Waals surface area contributed by atoms with Crippen molar-refractivity contribution in [2.24, 2.45) is 11.8 Å². The van der Waals surface area contributed by atoms with Crippen LogP contribution in [0.2, 0.25) is 0 Å². The fourth-order valence-corrected chi connectivity index (χ4v) is 1.82. The van der Waals surface area contributed by atoms with Gasteiger partial charge in [-0.15, -0.1) is 0 Å². The van der Waals surface area contributed by atoms with Gasteiger partial charge in [0.25, 0.3) is 0 Å². The van der Waals surface area contributed by atoms with Crippen molar-refractivity contribution in [3.8, 4) is 0 Å². The van der Waals surface area contributed by atoms with Crippen LogP contribution in [0.5, 0.6) is 0 Å². The molecule has 0 bridgehead atoms. The molecule has 90 valence electrons. The molecule has 0 saturated heterocycles. The predicted molar refractivity (Wildman–Crippen MR) is 74.6 cm³/mol. The monoisotopic (exact) mass is 228 g/mol. The molecule has 0 aromatic rings. The van der Waals surface area contributed by atoms with Crippen LogP contribution in [0.4, 0.5) is 0 Å². The van der Waals surface area contributed by atoms with Crippen LogP contribution in [0, 0.1) is 11.8 Å². The van der Waals surface area contributed by atoms with Crippen molar-refractivity contribution in [2.75, 3.05) is 0 Å². The van der Waals surface area contributed by atoms with Gasteiger partial charge in [0.2, 0.25) is 0 Å². The molecule has 0 aromatic carbocycles. The summed E-state index contributed by atoms with van der Waals surface area (Å²) in [5, 5.41) is 0. The van der Waals surface area contributed by atoms with E-state index in [4.69, 9.17) is 12.2 Å². The third-order valence-electron chi connectivity index (χ3n) is 2.85. The highest BCUT2D eigenvalue weighted by Crippen LogP contribution is 2.13. The molecule has 0 N–H and O–H groups in total. The predicted octanol–water partition coefficient (Wildman–Crippen LogP) is 5.40. The Balaban J connectivity index is 3.15. The molecule has 15 heavy (non-hydrogen) atoms. The van der Waals surface area contributed by atoms with Crippen LogP contribution in [0.3, 0.4) is 0 Å². The Hall–Kier alpha value is 0.0900. The molecule has 0 aliphatic carbocycles. The lowest BCUT2D eigenvalue weighted by molar-refractivity contribution is 0.516. The van der Waals surface area contributed by atoms with Gasteiger partial charge in [-0.2, -0.15) is 0 Å². The normalized spacial score (nSPS) is 11.3. The molecule has 1 heteroatoms. The van der Waals surface area contributed by atoms with Crippen molar-refractivity contribution >= 4 is 17.1 Å². The van der Waals surface area contributed by atoms with E-state index in [0.717, 1.165) is 12.3 Å². The van der Waals surface area contributed by atoms with Crippen LogP contribution < -0.4 is 0 Å². The fourth-order valence-electron chi connectivity index (χ4n) is 1.67. The Morgan fingerprint density at radius 1 is 0.867 bits per heavy atom. The first-order valence-corrected chi connectivity index (χ1v) is 6.97. The molecule has 0 nitrogen and oxygen atoms in total. The summed E-state index contributed by atoms with van der Waals surface area (Å²) in [6, 6.07) is 0. The highest BCUT2D eigenvalue weighted by molar-refractivity contribution is 7.80. The van der Waals surface area contributed by atoms with Crippen LogP contribution in [-0.4, -0.2) is 4.86 Å². The molecule has 0 aromatic heterocycles. The van der Waals surface area contributed by atoms with Gasteiger partial charge in [-0.25, -0.2) is 0 Å². The minimum atomic E-state index is 0.598. The van der Waals surface area contributed by atoms with E-state index in [1.54, 1.807) is 0 Å². The largest absolute Gasteiger partial charge is 0.0894 e. The van der Waals surface area contributed by atoms with E-state index in [9.17, 15) is 0 Å². The van der Waals surface area contributed by atoms with Crippen molar-refractivity contribution in [3.63, 3.8) is 0 Å². The summed E-state index contributed by atoms with van der Waals surface area (Å²) in [6.07, 6.45) is 9.44. The molecule has 0 atom stereocenters. The highest BCUT2D eigenvalue weighted by Gasteiger charge is 2.01. The van der Waals surface area contributed by atoms with E-state index in [-0.39, 0.29) is 0 Å². The van der Waals surface area contributed by atoms with Gasteiger partial charge >= 0.3 is 0 Å². The third kappa shape index (κ3) is 10.4. The van der Waals surface area contributed by atoms with Crippen LogP contribution in [0.15, 0.2) is 0 Å². The van der Waals surface area contributed by atoms with E-state index in [2.05, 4.69) is 27.7 Å². The summed E-state index contributed by atoms with van der Waals surface area (Å²) in [4.78, 5) is 1.26. The molecule has 0 radical (unpaired) electrons. The van der Waals surface area contributed by atoms with E-state index in [1.165, 1.54) is 43.4 Å². The first-order chi connectivity index (χ1) is 7.04. The van der Waals surface area contributed by atoms with Crippen LogP contribution in [0.1, 0.15) is 72.6 Å². The number of unbranched alkanes of at least 4 members (excludes halogenated alkanes) is 4. The second-order valence-electron chi connectivity index (χ2n) is 5.32. The molecule has 0 spiro atoms. The smallest absolute Gasteiger partial charge is 0.00461 e. The zero-order valence-corrected chi connectivity index (χ0v) is 11.8. The first-order valence-electron chi connectivity index (χ1n) is 6.56. The molecule has 0 unspecified atom stereocenters. The van der Waals surface area contributed by atoms with Crippen LogP contribution in [-0.2, 0) is 0 Å².